The molecule has 0 aliphatic heterocycles. The van der Waals surface area contributed by atoms with E-state index in [0.29, 0.717) is 44.5 Å². The van der Waals surface area contributed by atoms with Crippen LogP contribution in [0, 0.1) is 0 Å². The van der Waals surface area contributed by atoms with Gasteiger partial charge in [0.1, 0.15) is 0 Å². The van der Waals surface area contributed by atoms with Crippen molar-refractivity contribution in [1.29, 1.82) is 0 Å². The number of hydrogen-bond acceptors (Lipinski definition) is 9. The summed E-state index contributed by atoms with van der Waals surface area (Å²) in [5.41, 5.74) is 3.85. The van der Waals surface area contributed by atoms with Gasteiger partial charge in [-0.1, -0.05) is 18.2 Å². The Bertz CT molecular complexity index is 1620. The van der Waals surface area contributed by atoms with Gasteiger partial charge in [-0.2, -0.15) is 0 Å². The maximum Gasteiger partial charge on any atom is 0.339 e. The normalized spacial score (nSPS) is 10.7. The molecule has 0 aliphatic carbocycles. The molecule has 0 saturated heterocycles. The van der Waals surface area contributed by atoms with E-state index in [9.17, 15) is 9.59 Å². The van der Waals surface area contributed by atoms with Crippen molar-refractivity contribution < 1.29 is 23.8 Å². The van der Waals surface area contributed by atoms with Gasteiger partial charge < -0.3 is 14.2 Å². The van der Waals surface area contributed by atoms with Crippen molar-refractivity contribution in [3.05, 3.63) is 84.0 Å². The number of anilines is 1. The number of pyridine rings is 2. The second-order valence-corrected chi connectivity index (χ2v) is 8.90. The first kappa shape index (κ1) is 24.8. The predicted molar refractivity (Wildman–Crippen MR) is 145 cm³/mol. The predicted octanol–water partition coefficient (Wildman–Crippen LogP) is 5.23. The molecular weight excluding hydrogens is 504 g/mol. The lowest BCUT2D eigenvalue weighted by atomic mass is 10.0. The van der Waals surface area contributed by atoms with Gasteiger partial charge in [-0.3, -0.25) is 15.1 Å². The van der Waals surface area contributed by atoms with Crippen LogP contribution in [-0.4, -0.2) is 47.7 Å². The van der Waals surface area contributed by atoms with Gasteiger partial charge in [-0.05, 0) is 42.5 Å². The van der Waals surface area contributed by atoms with Gasteiger partial charge in [-0.15, -0.1) is 11.3 Å². The summed E-state index contributed by atoms with van der Waals surface area (Å²) in [6.07, 6.45) is 3.31. The summed E-state index contributed by atoms with van der Waals surface area (Å²) in [4.78, 5) is 38.7. The summed E-state index contributed by atoms with van der Waals surface area (Å²) < 4.78 is 16.0. The number of amides is 1. The van der Waals surface area contributed by atoms with Gasteiger partial charge in [-0.25, -0.2) is 14.8 Å². The number of ether oxygens (including phenoxy) is 3. The summed E-state index contributed by atoms with van der Waals surface area (Å²) >= 11 is 1.26. The largest absolute Gasteiger partial charge is 0.493 e. The number of hydrogen-bond donors (Lipinski definition) is 1. The molecule has 0 saturated carbocycles. The zero-order valence-corrected chi connectivity index (χ0v) is 21.3. The lowest BCUT2D eigenvalue weighted by Crippen LogP contribution is -2.21. The number of aromatic nitrogens is 3. The van der Waals surface area contributed by atoms with E-state index in [2.05, 4.69) is 20.3 Å². The number of fused-ring (bicyclic) bond motifs is 1. The average molecular weight is 527 g/mol. The summed E-state index contributed by atoms with van der Waals surface area (Å²) in [7, 11) is 3.13. The number of carbonyl (C=O) groups is 2. The highest BCUT2D eigenvalue weighted by atomic mass is 32.1. The molecule has 3 heterocycles. The van der Waals surface area contributed by atoms with Crippen LogP contribution in [0.4, 0.5) is 5.13 Å². The van der Waals surface area contributed by atoms with Crippen molar-refractivity contribution in [2.24, 2.45) is 0 Å². The molecule has 2 aromatic carbocycles. The van der Waals surface area contributed by atoms with Crippen LogP contribution in [0.3, 0.4) is 0 Å². The number of nitrogens with one attached hydrogen (secondary N) is 1. The van der Waals surface area contributed by atoms with E-state index in [-0.39, 0.29) is 0 Å². The number of methoxy groups -OCH3 is 2. The molecule has 0 atom stereocenters. The standard InChI is InChI=1S/C28H22N4O5S/c1-35-24-8-7-18(13-25(24)36-2)23-16-38-28(31-23)32-26(33)15-37-27(34)20-14-22(17-9-11-29-12-10-17)30-21-6-4-3-5-19(20)21/h3-14,16H,15H2,1-2H3,(H,31,32,33). The van der Waals surface area contributed by atoms with Crippen LogP contribution in [0.15, 0.2) is 78.4 Å². The lowest BCUT2D eigenvalue weighted by Gasteiger charge is -2.10. The SMILES string of the molecule is COc1ccc(-c2csc(NC(=O)COC(=O)c3cc(-c4ccncc4)nc4ccccc34)n2)cc1OC. The van der Waals surface area contributed by atoms with Crippen LogP contribution in [0.5, 0.6) is 11.5 Å². The number of nitrogens with zero attached hydrogens (tertiary/aromatic N) is 3. The first-order valence-corrected chi connectivity index (χ1v) is 12.4. The van der Waals surface area contributed by atoms with Gasteiger partial charge >= 0.3 is 5.97 Å². The minimum atomic E-state index is -0.626. The number of carbonyl (C=O) groups excluding carboxylic acids is 2. The molecule has 0 spiro atoms. The Balaban J connectivity index is 1.28. The van der Waals surface area contributed by atoms with Gasteiger partial charge in [0.15, 0.2) is 23.2 Å². The quantitative estimate of drug-likeness (QED) is 0.274. The van der Waals surface area contributed by atoms with E-state index in [0.717, 1.165) is 11.1 Å². The van der Waals surface area contributed by atoms with Crippen LogP contribution >= 0.6 is 11.3 Å². The molecule has 0 fully saturated rings. The lowest BCUT2D eigenvalue weighted by molar-refractivity contribution is -0.119. The van der Waals surface area contributed by atoms with Crippen molar-refractivity contribution in [3.8, 4) is 34.0 Å². The molecule has 190 valence electrons. The Morgan fingerprint density at radius 2 is 1.66 bits per heavy atom. The number of benzene rings is 2. The zero-order chi connectivity index (χ0) is 26.5. The van der Waals surface area contributed by atoms with Crippen LogP contribution in [0.25, 0.3) is 33.4 Å². The number of rotatable bonds is 8. The molecule has 10 heteroatoms. The molecule has 9 nitrogen and oxygen atoms in total. The molecule has 3 aromatic heterocycles. The van der Waals surface area contributed by atoms with Gasteiger partial charge in [0.2, 0.25) is 0 Å². The Morgan fingerprint density at radius 3 is 2.45 bits per heavy atom. The van der Waals surface area contributed by atoms with Crippen LogP contribution in [-0.2, 0) is 9.53 Å². The molecule has 0 unspecified atom stereocenters. The Morgan fingerprint density at radius 1 is 0.868 bits per heavy atom. The third kappa shape index (κ3) is 5.30. The summed E-state index contributed by atoms with van der Waals surface area (Å²) in [5, 5.41) is 5.51. The van der Waals surface area contributed by atoms with Crippen molar-refractivity contribution in [3.63, 3.8) is 0 Å². The Hall–Kier alpha value is -4.83. The maximum atomic E-state index is 13.0. The monoisotopic (exact) mass is 526 g/mol. The number of thiazole rings is 1. The van der Waals surface area contributed by atoms with Crippen LogP contribution in [0.1, 0.15) is 10.4 Å². The summed E-state index contributed by atoms with van der Waals surface area (Å²) in [5.74, 6) is 0.0569. The molecule has 0 radical (unpaired) electrons. The first-order valence-electron chi connectivity index (χ1n) is 11.5. The van der Waals surface area contributed by atoms with Crippen LogP contribution in [0.2, 0.25) is 0 Å². The summed E-state index contributed by atoms with van der Waals surface area (Å²) in [6.45, 7) is -0.467. The van der Waals surface area contributed by atoms with Crippen molar-refractivity contribution >= 4 is 39.2 Å². The highest BCUT2D eigenvalue weighted by Crippen LogP contribution is 2.33. The molecule has 0 aliphatic rings. The minimum Gasteiger partial charge on any atom is -0.493 e. The third-order valence-electron chi connectivity index (χ3n) is 5.68. The maximum absolute atomic E-state index is 13.0. The average Bonchev–Trinajstić information content (AvgIpc) is 3.43. The number of esters is 1. The Labute approximate surface area is 222 Å². The molecular formula is C28H22N4O5S. The van der Waals surface area contributed by atoms with E-state index in [1.807, 2.05) is 41.8 Å². The van der Waals surface area contributed by atoms with Crippen molar-refractivity contribution in [1.82, 2.24) is 15.0 Å². The fourth-order valence-corrected chi connectivity index (χ4v) is 4.57. The minimum absolute atomic E-state index is 0.320. The highest BCUT2D eigenvalue weighted by Gasteiger charge is 2.17. The van der Waals surface area contributed by atoms with E-state index < -0.39 is 18.5 Å². The zero-order valence-electron chi connectivity index (χ0n) is 20.5. The van der Waals surface area contributed by atoms with Crippen molar-refractivity contribution in [2.75, 3.05) is 26.1 Å². The summed E-state index contributed by atoms with van der Waals surface area (Å²) in [6, 6.07) is 18.0. The van der Waals surface area contributed by atoms with Gasteiger partial charge in [0.25, 0.3) is 5.91 Å². The molecule has 1 N–H and O–H groups in total. The van der Waals surface area contributed by atoms with E-state index in [1.54, 1.807) is 50.9 Å². The number of para-hydroxylation sites is 1. The molecule has 5 aromatic rings. The second kappa shape index (κ2) is 11.1. The van der Waals surface area contributed by atoms with E-state index in [1.165, 1.54) is 11.3 Å². The topological polar surface area (TPSA) is 113 Å². The molecule has 1 amide bonds. The third-order valence-corrected chi connectivity index (χ3v) is 6.43. The van der Waals surface area contributed by atoms with Crippen LogP contribution < -0.4 is 14.8 Å². The van der Waals surface area contributed by atoms with Gasteiger partial charge in [0.05, 0.1) is 36.7 Å². The van der Waals surface area contributed by atoms with Crippen molar-refractivity contribution in [2.45, 2.75) is 0 Å². The highest BCUT2D eigenvalue weighted by molar-refractivity contribution is 7.14. The molecule has 5 rings (SSSR count). The van der Waals surface area contributed by atoms with Gasteiger partial charge in [0, 0.05) is 34.3 Å². The van der Waals surface area contributed by atoms with E-state index in [4.69, 9.17) is 14.2 Å². The molecule has 38 heavy (non-hydrogen) atoms. The fourth-order valence-electron chi connectivity index (χ4n) is 3.84. The van der Waals surface area contributed by atoms with E-state index >= 15 is 0 Å². The second-order valence-electron chi connectivity index (χ2n) is 8.04. The smallest absolute Gasteiger partial charge is 0.339 e. The fraction of sp³-hybridized carbons (Fsp3) is 0.107. The first-order chi connectivity index (χ1) is 18.6. The molecule has 0 bridgehead atoms. The Kier molecular flexibility index (Phi) is 7.23.